The third-order valence-electron chi connectivity index (χ3n) is 6.12. The van der Waals surface area contributed by atoms with Gasteiger partial charge in [0.25, 0.3) is 0 Å². The minimum atomic E-state index is -5.05. The minimum absolute atomic E-state index is 0.0321. The lowest BCUT2D eigenvalue weighted by Crippen LogP contribution is -2.40. The van der Waals surface area contributed by atoms with Gasteiger partial charge < -0.3 is 15.2 Å². The number of ether oxygens (including phenoxy) is 1. The number of ketones is 1. The summed E-state index contributed by atoms with van der Waals surface area (Å²) in [7, 11) is 0. The number of nitrogens with one attached hydrogen (secondary N) is 1. The van der Waals surface area contributed by atoms with E-state index in [4.69, 9.17) is 4.74 Å². The van der Waals surface area contributed by atoms with Crippen molar-refractivity contribution in [2.45, 2.75) is 33.1 Å². The maximum Gasteiger partial charge on any atom is 0.419 e. The van der Waals surface area contributed by atoms with E-state index in [0.29, 0.717) is 23.3 Å². The Bertz CT molecular complexity index is 1290. The molecule has 1 atom stereocenters. The van der Waals surface area contributed by atoms with Crippen molar-refractivity contribution in [3.8, 4) is 5.75 Å². The lowest BCUT2D eigenvalue weighted by atomic mass is 9.87. The van der Waals surface area contributed by atoms with Crippen LogP contribution < -0.4 is 10.1 Å². The molecule has 192 valence electrons. The van der Waals surface area contributed by atoms with Gasteiger partial charge in [-0.2, -0.15) is 13.2 Å². The molecule has 36 heavy (non-hydrogen) atoms. The van der Waals surface area contributed by atoms with E-state index in [9.17, 15) is 36.6 Å². The summed E-state index contributed by atoms with van der Waals surface area (Å²) in [5.41, 5.74) is -3.16. The summed E-state index contributed by atoms with van der Waals surface area (Å²) >= 11 is 0. The standard InChI is InChI=1S/C26H24F5NO4/c1-3-25(2,24(34)35)14-32-12-20(33)18-10-8-15-6-4-5-7-17(15)23(18)36-13-16-9-11-19(26(29,30)31)22(28)21(16)27/h4-11,32H,3,12-14H2,1-2H3,(H,34,35). The fourth-order valence-electron chi connectivity index (χ4n) is 3.59. The molecule has 0 saturated carbocycles. The fraction of sp³-hybridized carbons (Fsp3) is 0.308. The second-order valence-electron chi connectivity index (χ2n) is 8.60. The number of rotatable bonds is 10. The molecule has 0 heterocycles. The number of fused-ring (bicyclic) bond motifs is 1. The van der Waals surface area contributed by atoms with Crippen LogP contribution in [0.4, 0.5) is 22.0 Å². The quantitative estimate of drug-likeness (QED) is 0.260. The van der Waals surface area contributed by atoms with Gasteiger partial charge in [-0.25, -0.2) is 8.78 Å². The molecule has 0 aliphatic carbocycles. The molecule has 0 radical (unpaired) electrons. The zero-order chi connectivity index (χ0) is 26.7. The van der Waals surface area contributed by atoms with Gasteiger partial charge in [0, 0.05) is 17.5 Å². The number of carbonyl (C=O) groups is 2. The van der Waals surface area contributed by atoms with Gasteiger partial charge in [0.15, 0.2) is 17.4 Å². The summed E-state index contributed by atoms with van der Waals surface area (Å²) in [6.45, 7) is 2.45. The third-order valence-corrected chi connectivity index (χ3v) is 6.12. The zero-order valence-electron chi connectivity index (χ0n) is 19.5. The molecular weight excluding hydrogens is 485 g/mol. The Hall–Kier alpha value is -3.53. The van der Waals surface area contributed by atoms with Crippen LogP contribution in [0.25, 0.3) is 10.8 Å². The number of hydrogen-bond donors (Lipinski definition) is 2. The molecule has 3 rings (SSSR count). The normalized spacial score (nSPS) is 13.4. The summed E-state index contributed by atoms with van der Waals surface area (Å²) in [5.74, 6) is -5.12. The Labute approximate surface area is 203 Å². The predicted octanol–water partition coefficient (Wildman–Crippen LogP) is 5.99. The van der Waals surface area contributed by atoms with Crippen LogP contribution in [0.3, 0.4) is 0 Å². The monoisotopic (exact) mass is 509 g/mol. The lowest BCUT2D eigenvalue weighted by molar-refractivity contribution is -0.147. The van der Waals surface area contributed by atoms with Gasteiger partial charge in [0.05, 0.1) is 23.1 Å². The number of carboxylic acid groups (broad SMARTS) is 1. The van der Waals surface area contributed by atoms with Crippen LogP contribution in [0.5, 0.6) is 5.75 Å². The molecule has 0 spiro atoms. The molecule has 0 aliphatic heterocycles. The van der Waals surface area contributed by atoms with E-state index in [-0.39, 0.29) is 24.4 Å². The highest BCUT2D eigenvalue weighted by atomic mass is 19.4. The van der Waals surface area contributed by atoms with Crippen molar-refractivity contribution in [3.05, 3.63) is 76.9 Å². The van der Waals surface area contributed by atoms with Gasteiger partial charge in [0.1, 0.15) is 12.4 Å². The molecule has 10 heteroatoms. The van der Waals surface area contributed by atoms with E-state index in [1.165, 1.54) is 6.07 Å². The van der Waals surface area contributed by atoms with E-state index < -0.39 is 52.7 Å². The summed E-state index contributed by atoms with van der Waals surface area (Å²) in [6, 6.07) is 11.2. The Morgan fingerprint density at radius 1 is 1.00 bits per heavy atom. The van der Waals surface area contributed by atoms with E-state index in [1.54, 1.807) is 44.2 Å². The van der Waals surface area contributed by atoms with Crippen molar-refractivity contribution in [2.24, 2.45) is 5.41 Å². The van der Waals surface area contributed by atoms with E-state index in [1.807, 2.05) is 0 Å². The van der Waals surface area contributed by atoms with Crippen molar-refractivity contribution < 1.29 is 41.4 Å². The van der Waals surface area contributed by atoms with Gasteiger partial charge in [-0.1, -0.05) is 43.3 Å². The Morgan fingerprint density at radius 2 is 1.69 bits per heavy atom. The zero-order valence-corrected chi connectivity index (χ0v) is 19.5. The van der Waals surface area contributed by atoms with Gasteiger partial charge in [-0.15, -0.1) is 0 Å². The fourth-order valence-corrected chi connectivity index (χ4v) is 3.59. The Morgan fingerprint density at radius 3 is 2.33 bits per heavy atom. The number of carboxylic acids is 1. The molecule has 3 aromatic rings. The summed E-state index contributed by atoms with van der Waals surface area (Å²) < 4.78 is 72.6. The molecule has 0 amide bonds. The van der Waals surface area contributed by atoms with Gasteiger partial charge in [-0.05, 0) is 30.9 Å². The van der Waals surface area contributed by atoms with E-state index in [0.717, 1.165) is 6.07 Å². The van der Waals surface area contributed by atoms with Crippen LogP contribution in [0.2, 0.25) is 0 Å². The first-order chi connectivity index (χ1) is 16.9. The molecule has 0 saturated heterocycles. The first-order valence-electron chi connectivity index (χ1n) is 11.0. The maximum absolute atomic E-state index is 14.4. The van der Waals surface area contributed by atoms with Crippen LogP contribution in [0.1, 0.15) is 41.8 Å². The number of halogens is 5. The van der Waals surface area contributed by atoms with Crippen molar-refractivity contribution in [2.75, 3.05) is 13.1 Å². The van der Waals surface area contributed by atoms with Crippen molar-refractivity contribution in [3.63, 3.8) is 0 Å². The van der Waals surface area contributed by atoms with Crippen molar-refractivity contribution >= 4 is 22.5 Å². The average molecular weight is 509 g/mol. The van der Waals surface area contributed by atoms with Crippen molar-refractivity contribution in [1.82, 2.24) is 5.32 Å². The van der Waals surface area contributed by atoms with Crippen LogP contribution in [0.15, 0.2) is 48.5 Å². The van der Waals surface area contributed by atoms with Gasteiger partial charge in [0.2, 0.25) is 0 Å². The van der Waals surface area contributed by atoms with E-state index in [2.05, 4.69) is 5.32 Å². The molecule has 2 N–H and O–H groups in total. The highest BCUT2D eigenvalue weighted by Gasteiger charge is 2.36. The first kappa shape index (κ1) is 27.1. The number of aliphatic carboxylic acids is 1. The largest absolute Gasteiger partial charge is 0.487 e. The van der Waals surface area contributed by atoms with Crippen LogP contribution in [0, 0.1) is 17.0 Å². The molecule has 0 fully saturated rings. The van der Waals surface area contributed by atoms with Crippen LogP contribution in [-0.2, 0) is 17.6 Å². The average Bonchev–Trinajstić information content (AvgIpc) is 2.83. The Kier molecular flexibility index (Phi) is 7.98. The first-order valence-corrected chi connectivity index (χ1v) is 11.0. The molecule has 1 unspecified atom stereocenters. The smallest absolute Gasteiger partial charge is 0.419 e. The molecule has 3 aromatic carbocycles. The second-order valence-corrected chi connectivity index (χ2v) is 8.60. The third kappa shape index (κ3) is 5.64. The number of carbonyl (C=O) groups excluding carboxylic acids is 1. The number of benzene rings is 3. The molecule has 5 nitrogen and oxygen atoms in total. The second kappa shape index (κ2) is 10.6. The van der Waals surface area contributed by atoms with E-state index >= 15 is 0 Å². The summed E-state index contributed by atoms with van der Waals surface area (Å²) in [5, 5.41) is 13.4. The minimum Gasteiger partial charge on any atom is -0.487 e. The molecule has 0 aliphatic rings. The topological polar surface area (TPSA) is 75.6 Å². The number of Topliss-reactive ketones (excluding diaryl/α,β-unsaturated/α-hetero) is 1. The van der Waals surface area contributed by atoms with Gasteiger partial charge in [-0.3, -0.25) is 9.59 Å². The SMILES string of the molecule is CCC(C)(CNCC(=O)c1ccc2ccccc2c1OCc1ccc(C(F)(F)F)c(F)c1F)C(=O)O. The van der Waals surface area contributed by atoms with Crippen molar-refractivity contribution in [1.29, 1.82) is 0 Å². The summed E-state index contributed by atoms with van der Waals surface area (Å²) in [6.07, 6.45) is -4.72. The maximum atomic E-state index is 14.4. The lowest BCUT2D eigenvalue weighted by Gasteiger charge is -2.23. The van der Waals surface area contributed by atoms with Crippen LogP contribution >= 0.6 is 0 Å². The molecule has 0 aromatic heterocycles. The van der Waals surface area contributed by atoms with Gasteiger partial charge >= 0.3 is 12.1 Å². The predicted molar refractivity (Wildman–Crippen MR) is 123 cm³/mol. The molecule has 0 bridgehead atoms. The summed E-state index contributed by atoms with van der Waals surface area (Å²) in [4.78, 5) is 24.5. The molecular formula is C26H24F5NO4. The highest BCUT2D eigenvalue weighted by molar-refractivity contribution is 6.05. The Balaban J connectivity index is 1.88. The number of hydrogen-bond acceptors (Lipinski definition) is 4. The number of alkyl halides is 3. The van der Waals surface area contributed by atoms with Crippen LogP contribution in [-0.4, -0.2) is 29.9 Å². The highest BCUT2D eigenvalue weighted by Crippen LogP contribution is 2.35.